The van der Waals surface area contributed by atoms with E-state index >= 15 is 0 Å². The predicted octanol–water partition coefficient (Wildman–Crippen LogP) is 2.71. The summed E-state index contributed by atoms with van der Waals surface area (Å²) in [6.45, 7) is 4.85. The Hall–Kier alpha value is -0.510. The molecule has 1 aliphatic rings. The van der Waals surface area contributed by atoms with E-state index < -0.39 is 0 Å². The maximum absolute atomic E-state index is 3.60. The van der Waals surface area contributed by atoms with Crippen LogP contribution < -0.4 is 5.32 Å². The largest absolute Gasteiger partial charge is 0.316 e. The van der Waals surface area contributed by atoms with E-state index in [-0.39, 0.29) is 0 Å². The number of piperidine rings is 1. The molecule has 1 heterocycles. The van der Waals surface area contributed by atoms with Crippen molar-refractivity contribution in [2.75, 3.05) is 39.0 Å². The highest BCUT2D eigenvalue weighted by Crippen LogP contribution is 2.17. The minimum atomic E-state index is 0.892. The Morgan fingerprint density at radius 2 is 1.94 bits per heavy atom. The zero-order chi connectivity index (χ0) is 12.6. The molecule has 1 N–H and O–H groups in total. The van der Waals surface area contributed by atoms with E-state index in [0.29, 0.717) is 0 Å². The molecular weight excluding hydrogens is 240 g/mol. The number of rotatable bonds is 6. The third-order valence-corrected chi connectivity index (χ3v) is 4.58. The fourth-order valence-electron chi connectivity index (χ4n) is 2.33. The molecule has 0 radical (unpaired) electrons. The standard InChI is InChI=1S/C15H24N2S/c1-17-10-7-14(8-11-17)13-16-9-12-18-15-5-3-2-4-6-15/h2-6,14,16H,7-13H2,1H3. The second-order valence-electron chi connectivity index (χ2n) is 5.11. The van der Waals surface area contributed by atoms with Crippen LogP contribution in [0.25, 0.3) is 0 Å². The quantitative estimate of drug-likeness (QED) is 0.628. The van der Waals surface area contributed by atoms with Crippen LogP contribution in [-0.4, -0.2) is 43.9 Å². The van der Waals surface area contributed by atoms with Crippen molar-refractivity contribution in [1.29, 1.82) is 0 Å². The van der Waals surface area contributed by atoms with Gasteiger partial charge in [0, 0.05) is 17.2 Å². The summed E-state index contributed by atoms with van der Waals surface area (Å²) in [5, 5.41) is 3.60. The predicted molar refractivity (Wildman–Crippen MR) is 80.3 cm³/mol. The van der Waals surface area contributed by atoms with Gasteiger partial charge in [-0.1, -0.05) is 18.2 Å². The molecule has 0 amide bonds. The van der Waals surface area contributed by atoms with Crippen LogP contribution in [0.3, 0.4) is 0 Å². The molecule has 0 atom stereocenters. The Labute approximate surface area is 115 Å². The van der Waals surface area contributed by atoms with Crippen molar-refractivity contribution >= 4 is 11.8 Å². The molecule has 0 saturated carbocycles. The van der Waals surface area contributed by atoms with Crippen molar-refractivity contribution < 1.29 is 0 Å². The molecule has 1 aliphatic heterocycles. The summed E-state index contributed by atoms with van der Waals surface area (Å²) in [7, 11) is 2.22. The Balaban J connectivity index is 1.51. The zero-order valence-corrected chi connectivity index (χ0v) is 12.1. The Morgan fingerprint density at radius 3 is 2.67 bits per heavy atom. The summed E-state index contributed by atoms with van der Waals surface area (Å²) in [6, 6.07) is 10.6. The van der Waals surface area contributed by atoms with Crippen molar-refractivity contribution in [1.82, 2.24) is 10.2 Å². The first-order valence-corrected chi connectivity index (χ1v) is 7.90. The SMILES string of the molecule is CN1CCC(CNCCSc2ccccc2)CC1. The van der Waals surface area contributed by atoms with E-state index in [1.54, 1.807) is 0 Å². The lowest BCUT2D eigenvalue weighted by molar-refractivity contribution is 0.217. The molecule has 18 heavy (non-hydrogen) atoms. The molecule has 3 heteroatoms. The van der Waals surface area contributed by atoms with Crippen LogP contribution in [0.5, 0.6) is 0 Å². The fraction of sp³-hybridized carbons (Fsp3) is 0.600. The van der Waals surface area contributed by atoms with Crippen LogP contribution in [-0.2, 0) is 0 Å². The number of hydrogen-bond donors (Lipinski definition) is 1. The number of nitrogens with one attached hydrogen (secondary N) is 1. The minimum absolute atomic E-state index is 0.892. The lowest BCUT2D eigenvalue weighted by Crippen LogP contribution is -2.35. The maximum atomic E-state index is 3.60. The van der Waals surface area contributed by atoms with Gasteiger partial charge in [0.15, 0.2) is 0 Å². The lowest BCUT2D eigenvalue weighted by Gasteiger charge is -2.29. The number of benzene rings is 1. The summed E-state index contributed by atoms with van der Waals surface area (Å²) < 4.78 is 0. The Morgan fingerprint density at radius 1 is 1.22 bits per heavy atom. The van der Waals surface area contributed by atoms with Gasteiger partial charge in [0.05, 0.1) is 0 Å². The number of hydrogen-bond acceptors (Lipinski definition) is 3. The highest BCUT2D eigenvalue weighted by molar-refractivity contribution is 7.99. The molecule has 0 aromatic heterocycles. The summed E-state index contributed by atoms with van der Waals surface area (Å²) in [4.78, 5) is 3.81. The van der Waals surface area contributed by atoms with E-state index in [0.717, 1.165) is 18.2 Å². The van der Waals surface area contributed by atoms with Gasteiger partial charge in [-0.3, -0.25) is 0 Å². The average Bonchev–Trinajstić information content (AvgIpc) is 2.42. The topological polar surface area (TPSA) is 15.3 Å². The highest BCUT2D eigenvalue weighted by atomic mass is 32.2. The van der Waals surface area contributed by atoms with Gasteiger partial charge < -0.3 is 10.2 Å². The van der Waals surface area contributed by atoms with Crippen LogP contribution in [0.15, 0.2) is 35.2 Å². The van der Waals surface area contributed by atoms with Crippen LogP contribution in [0.2, 0.25) is 0 Å². The molecule has 1 aromatic carbocycles. The van der Waals surface area contributed by atoms with Gasteiger partial charge in [-0.25, -0.2) is 0 Å². The minimum Gasteiger partial charge on any atom is -0.316 e. The van der Waals surface area contributed by atoms with Crippen molar-refractivity contribution in [2.45, 2.75) is 17.7 Å². The number of thioether (sulfide) groups is 1. The monoisotopic (exact) mass is 264 g/mol. The molecule has 0 spiro atoms. The smallest absolute Gasteiger partial charge is 0.0106 e. The van der Waals surface area contributed by atoms with Crippen molar-refractivity contribution in [2.24, 2.45) is 5.92 Å². The van der Waals surface area contributed by atoms with E-state index in [1.807, 2.05) is 11.8 Å². The van der Waals surface area contributed by atoms with E-state index in [9.17, 15) is 0 Å². The molecule has 100 valence electrons. The summed E-state index contributed by atoms with van der Waals surface area (Å²) in [5.41, 5.74) is 0. The van der Waals surface area contributed by atoms with E-state index in [4.69, 9.17) is 0 Å². The van der Waals surface area contributed by atoms with Crippen molar-refractivity contribution in [3.8, 4) is 0 Å². The lowest BCUT2D eigenvalue weighted by atomic mass is 9.97. The van der Waals surface area contributed by atoms with Crippen LogP contribution >= 0.6 is 11.8 Å². The molecule has 1 aromatic rings. The van der Waals surface area contributed by atoms with E-state index in [2.05, 4.69) is 47.6 Å². The zero-order valence-electron chi connectivity index (χ0n) is 11.3. The first-order chi connectivity index (χ1) is 8.84. The first-order valence-electron chi connectivity index (χ1n) is 6.92. The van der Waals surface area contributed by atoms with Crippen LogP contribution in [0.4, 0.5) is 0 Å². The second-order valence-corrected chi connectivity index (χ2v) is 6.28. The van der Waals surface area contributed by atoms with Crippen molar-refractivity contribution in [3.05, 3.63) is 30.3 Å². The van der Waals surface area contributed by atoms with E-state index in [1.165, 1.54) is 37.4 Å². The molecule has 0 aliphatic carbocycles. The fourth-order valence-corrected chi connectivity index (χ4v) is 3.16. The van der Waals surface area contributed by atoms with Gasteiger partial charge >= 0.3 is 0 Å². The molecule has 1 saturated heterocycles. The Kier molecular flexibility index (Phi) is 6.05. The van der Waals surface area contributed by atoms with Gasteiger partial charge in [0.1, 0.15) is 0 Å². The molecule has 0 unspecified atom stereocenters. The van der Waals surface area contributed by atoms with Gasteiger partial charge in [0.2, 0.25) is 0 Å². The molecule has 2 rings (SSSR count). The van der Waals surface area contributed by atoms with Gasteiger partial charge in [0.25, 0.3) is 0 Å². The average molecular weight is 264 g/mol. The maximum Gasteiger partial charge on any atom is 0.0106 e. The van der Waals surface area contributed by atoms with Crippen molar-refractivity contribution in [3.63, 3.8) is 0 Å². The summed E-state index contributed by atoms with van der Waals surface area (Å²) >= 11 is 1.94. The number of nitrogens with zero attached hydrogens (tertiary/aromatic N) is 1. The third kappa shape index (κ3) is 5.01. The van der Waals surface area contributed by atoms with Crippen LogP contribution in [0.1, 0.15) is 12.8 Å². The third-order valence-electron chi connectivity index (χ3n) is 3.56. The van der Waals surface area contributed by atoms with Gasteiger partial charge in [-0.05, 0) is 57.6 Å². The van der Waals surface area contributed by atoms with Gasteiger partial charge in [-0.2, -0.15) is 0 Å². The Bertz CT molecular complexity index is 321. The first kappa shape index (κ1) is 13.9. The molecular formula is C15H24N2S. The molecule has 1 fully saturated rings. The molecule has 0 bridgehead atoms. The second kappa shape index (κ2) is 7.82. The van der Waals surface area contributed by atoms with Gasteiger partial charge in [-0.15, -0.1) is 11.8 Å². The molecule has 2 nitrogen and oxygen atoms in total. The summed E-state index contributed by atoms with van der Waals surface area (Å²) in [5.74, 6) is 2.05. The number of likely N-dealkylation sites (tertiary alicyclic amines) is 1. The van der Waals surface area contributed by atoms with Crippen LogP contribution in [0, 0.1) is 5.92 Å². The highest BCUT2D eigenvalue weighted by Gasteiger charge is 2.15. The normalized spacial score (nSPS) is 18.1. The summed E-state index contributed by atoms with van der Waals surface area (Å²) in [6.07, 6.45) is 2.71.